The van der Waals surface area contributed by atoms with Crippen molar-refractivity contribution in [2.24, 2.45) is 5.41 Å². The van der Waals surface area contributed by atoms with Crippen LogP contribution in [-0.4, -0.2) is 16.9 Å². The molecule has 0 aliphatic heterocycles. The summed E-state index contributed by atoms with van der Waals surface area (Å²) in [6.07, 6.45) is 3.01. The number of hydrogen-bond donors (Lipinski definition) is 1. The van der Waals surface area contributed by atoms with E-state index in [9.17, 15) is 14.9 Å². The number of benzene rings is 1. The number of carbonyl (C=O) groups excluding carboxylic acids is 1. The predicted molar refractivity (Wildman–Crippen MR) is 76.7 cm³/mol. The molecule has 1 aromatic rings. The number of nitrogens with zero attached hydrogens (tertiary/aromatic N) is 1. The molecule has 1 aliphatic rings. The summed E-state index contributed by atoms with van der Waals surface area (Å²) in [6, 6.07) is 4.77. The Morgan fingerprint density at radius 3 is 2.70 bits per heavy atom. The van der Waals surface area contributed by atoms with E-state index in [0.29, 0.717) is 11.1 Å². The smallest absolute Gasteiger partial charge is 0.273 e. The molecule has 1 N–H and O–H groups in total. The van der Waals surface area contributed by atoms with Gasteiger partial charge in [0.05, 0.1) is 4.92 Å². The summed E-state index contributed by atoms with van der Waals surface area (Å²) >= 11 is 0. The fraction of sp³-hybridized carbons (Fsp3) is 0.533. The molecule has 0 bridgehead atoms. The molecule has 5 heteroatoms. The van der Waals surface area contributed by atoms with Gasteiger partial charge in [0, 0.05) is 23.2 Å². The first-order chi connectivity index (χ1) is 9.28. The Balaban J connectivity index is 2.10. The molecule has 20 heavy (non-hydrogen) atoms. The molecular weight excluding hydrogens is 256 g/mol. The molecule has 1 saturated carbocycles. The molecule has 1 atom stereocenters. The summed E-state index contributed by atoms with van der Waals surface area (Å²) in [6.45, 7) is 6.05. The van der Waals surface area contributed by atoms with E-state index in [-0.39, 0.29) is 23.1 Å². The van der Waals surface area contributed by atoms with Crippen LogP contribution in [0.25, 0.3) is 0 Å². The Morgan fingerprint density at radius 1 is 1.45 bits per heavy atom. The van der Waals surface area contributed by atoms with E-state index in [2.05, 4.69) is 19.2 Å². The lowest BCUT2D eigenvalue weighted by atomic mass is 9.92. The van der Waals surface area contributed by atoms with Gasteiger partial charge in [-0.1, -0.05) is 19.9 Å². The third-order valence-electron chi connectivity index (χ3n) is 3.97. The van der Waals surface area contributed by atoms with Gasteiger partial charge < -0.3 is 5.32 Å². The van der Waals surface area contributed by atoms with E-state index >= 15 is 0 Å². The molecule has 0 aromatic heterocycles. The largest absolute Gasteiger partial charge is 0.349 e. The second-order valence-electron chi connectivity index (χ2n) is 6.34. The van der Waals surface area contributed by atoms with E-state index in [1.165, 1.54) is 6.07 Å². The zero-order chi connectivity index (χ0) is 14.9. The summed E-state index contributed by atoms with van der Waals surface area (Å²) in [5, 5.41) is 13.9. The highest BCUT2D eigenvalue weighted by Gasteiger charge is 2.31. The van der Waals surface area contributed by atoms with Gasteiger partial charge in [-0.15, -0.1) is 0 Å². The van der Waals surface area contributed by atoms with Gasteiger partial charge >= 0.3 is 0 Å². The van der Waals surface area contributed by atoms with Gasteiger partial charge in [0.1, 0.15) is 0 Å². The van der Waals surface area contributed by atoms with Crippen molar-refractivity contribution in [3.63, 3.8) is 0 Å². The second kappa shape index (κ2) is 5.23. The van der Waals surface area contributed by atoms with Crippen LogP contribution in [-0.2, 0) is 0 Å². The number of aryl methyl sites for hydroxylation is 1. The van der Waals surface area contributed by atoms with Crippen molar-refractivity contribution in [1.29, 1.82) is 0 Å². The fourth-order valence-electron chi connectivity index (χ4n) is 2.78. The minimum Gasteiger partial charge on any atom is -0.349 e. The van der Waals surface area contributed by atoms with Gasteiger partial charge in [0.25, 0.3) is 11.6 Å². The fourth-order valence-corrected chi connectivity index (χ4v) is 2.78. The van der Waals surface area contributed by atoms with Crippen LogP contribution in [0.4, 0.5) is 5.69 Å². The minimum atomic E-state index is -0.454. The lowest BCUT2D eigenvalue weighted by molar-refractivity contribution is -0.385. The van der Waals surface area contributed by atoms with E-state index in [0.717, 1.165) is 19.3 Å². The maximum Gasteiger partial charge on any atom is 0.273 e. The van der Waals surface area contributed by atoms with E-state index in [1.807, 2.05) is 0 Å². The lowest BCUT2D eigenvalue weighted by Crippen LogP contribution is -2.33. The second-order valence-corrected chi connectivity index (χ2v) is 6.34. The van der Waals surface area contributed by atoms with Crippen molar-refractivity contribution >= 4 is 11.6 Å². The van der Waals surface area contributed by atoms with Crippen LogP contribution in [0.15, 0.2) is 18.2 Å². The molecular formula is C15H20N2O3. The maximum absolute atomic E-state index is 12.2. The number of nitro groups is 1. The average molecular weight is 276 g/mol. The van der Waals surface area contributed by atoms with Gasteiger partial charge in [-0.05, 0) is 37.7 Å². The first-order valence-corrected chi connectivity index (χ1v) is 6.84. The molecule has 108 valence electrons. The summed E-state index contributed by atoms with van der Waals surface area (Å²) in [7, 11) is 0. The van der Waals surface area contributed by atoms with Crippen LogP contribution < -0.4 is 5.32 Å². The Labute approximate surface area is 118 Å². The van der Waals surface area contributed by atoms with Gasteiger partial charge in [-0.25, -0.2) is 0 Å². The van der Waals surface area contributed by atoms with E-state index < -0.39 is 4.92 Å². The molecule has 5 nitrogen and oxygen atoms in total. The van der Waals surface area contributed by atoms with Crippen molar-refractivity contribution in [1.82, 2.24) is 5.32 Å². The highest BCUT2D eigenvalue weighted by molar-refractivity contribution is 5.95. The number of hydrogen-bond acceptors (Lipinski definition) is 3. The number of amides is 1. The minimum absolute atomic E-state index is 0.00981. The van der Waals surface area contributed by atoms with Crippen LogP contribution >= 0.6 is 0 Å². The highest BCUT2D eigenvalue weighted by atomic mass is 16.6. The van der Waals surface area contributed by atoms with E-state index in [4.69, 9.17) is 0 Å². The molecule has 0 spiro atoms. The quantitative estimate of drug-likeness (QED) is 0.680. The topological polar surface area (TPSA) is 72.2 Å². The van der Waals surface area contributed by atoms with Crippen molar-refractivity contribution in [2.75, 3.05) is 0 Å². The first-order valence-electron chi connectivity index (χ1n) is 6.84. The van der Waals surface area contributed by atoms with Crippen LogP contribution in [0.2, 0.25) is 0 Å². The highest BCUT2D eigenvalue weighted by Crippen LogP contribution is 2.37. The molecule has 1 aromatic carbocycles. The zero-order valence-corrected chi connectivity index (χ0v) is 12.1. The van der Waals surface area contributed by atoms with E-state index in [1.54, 1.807) is 19.1 Å². The summed E-state index contributed by atoms with van der Waals surface area (Å²) in [4.78, 5) is 22.6. The van der Waals surface area contributed by atoms with Crippen molar-refractivity contribution in [3.8, 4) is 0 Å². The summed E-state index contributed by atoms with van der Waals surface area (Å²) in [5.41, 5.74) is 1.17. The third-order valence-corrected chi connectivity index (χ3v) is 3.97. The van der Waals surface area contributed by atoms with Gasteiger partial charge in [-0.3, -0.25) is 14.9 Å². The lowest BCUT2D eigenvalue weighted by Gasteiger charge is -2.17. The Hall–Kier alpha value is -1.91. The Bertz CT molecular complexity index is 552. The SMILES string of the molecule is Cc1ccc(C(=O)NC2CCC(C)(C)C2)cc1[N+](=O)[O-]. The maximum atomic E-state index is 12.2. The Morgan fingerprint density at radius 2 is 2.15 bits per heavy atom. The summed E-state index contributed by atoms with van der Waals surface area (Å²) in [5.74, 6) is -0.226. The van der Waals surface area contributed by atoms with Crippen LogP contribution in [0.5, 0.6) is 0 Å². The molecule has 0 saturated heterocycles. The standard InChI is InChI=1S/C15H20N2O3/c1-10-4-5-11(8-13(10)17(19)20)14(18)16-12-6-7-15(2,3)9-12/h4-5,8,12H,6-7,9H2,1-3H3,(H,16,18). The third kappa shape index (κ3) is 3.15. The number of nitrogens with one attached hydrogen (secondary N) is 1. The number of carbonyl (C=O) groups is 1. The van der Waals surface area contributed by atoms with Gasteiger partial charge in [0.15, 0.2) is 0 Å². The summed E-state index contributed by atoms with van der Waals surface area (Å²) < 4.78 is 0. The molecule has 1 aliphatic carbocycles. The van der Waals surface area contributed by atoms with Crippen LogP contribution in [0, 0.1) is 22.5 Å². The number of nitro benzene ring substituents is 1. The van der Waals surface area contributed by atoms with Crippen LogP contribution in [0.3, 0.4) is 0 Å². The normalized spacial score (nSPS) is 20.6. The molecule has 1 unspecified atom stereocenters. The zero-order valence-electron chi connectivity index (χ0n) is 12.1. The van der Waals surface area contributed by atoms with Gasteiger partial charge in [-0.2, -0.15) is 0 Å². The molecule has 1 amide bonds. The molecule has 1 fully saturated rings. The van der Waals surface area contributed by atoms with Crippen molar-refractivity contribution in [2.45, 2.75) is 46.1 Å². The number of rotatable bonds is 3. The average Bonchev–Trinajstić information content (AvgIpc) is 2.68. The monoisotopic (exact) mass is 276 g/mol. The molecule has 2 rings (SSSR count). The molecule has 0 heterocycles. The van der Waals surface area contributed by atoms with Gasteiger partial charge in [0.2, 0.25) is 0 Å². The Kier molecular flexibility index (Phi) is 3.79. The molecule has 0 radical (unpaired) electrons. The predicted octanol–water partition coefficient (Wildman–Crippen LogP) is 3.21. The van der Waals surface area contributed by atoms with Crippen molar-refractivity contribution < 1.29 is 9.72 Å². The van der Waals surface area contributed by atoms with Crippen LogP contribution in [0.1, 0.15) is 49.0 Å². The van der Waals surface area contributed by atoms with Crippen molar-refractivity contribution in [3.05, 3.63) is 39.4 Å². The first kappa shape index (κ1) is 14.5.